The van der Waals surface area contributed by atoms with Crippen LogP contribution >= 0.6 is 0 Å². The molecule has 2 rings (SSSR count). The number of nitrogens with zero attached hydrogens (tertiary/aromatic N) is 2. The minimum Gasteiger partial charge on any atom is -0.462 e. The predicted molar refractivity (Wildman–Crippen MR) is 60.5 cm³/mol. The summed E-state index contributed by atoms with van der Waals surface area (Å²) < 4.78 is 30.5. The third-order valence-corrected chi connectivity index (χ3v) is 2.32. The molecule has 18 heavy (non-hydrogen) atoms. The van der Waals surface area contributed by atoms with Crippen LogP contribution < -0.4 is 0 Å². The molecule has 0 fully saturated rings. The molecule has 0 spiro atoms. The highest BCUT2D eigenvalue weighted by molar-refractivity contribution is 5.94. The van der Waals surface area contributed by atoms with Crippen LogP contribution in [0.25, 0.3) is 11.0 Å². The highest BCUT2D eigenvalue weighted by Crippen LogP contribution is 2.24. The molecule has 2 aromatic heterocycles. The Labute approximate surface area is 102 Å². The highest BCUT2D eigenvalue weighted by Gasteiger charge is 2.22. The number of halogens is 2. The van der Waals surface area contributed by atoms with Gasteiger partial charge in [-0.3, -0.25) is 0 Å². The van der Waals surface area contributed by atoms with Crippen LogP contribution in [-0.2, 0) is 4.74 Å². The van der Waals surface area contributed by atoms with Crippen LogP contribution in [0.2, 0.25) is 0 Å². The van der Waals surface area contributed by atoms with Crippen LogP contribution in [0, 0.1) is 0 Å². The van der Waals surface area contributed by atoms with Crippen LogP contribution in [0.5, 0.6) is 0 Å². The maximum Gasteiger partial charge on any atom is 0.340 e. The van der Waals surface area contributed by atoms with Crippen LogP contribution in [0.1, 0.15) is 29.4 Å². The first-order chi connectivity index (χ1) is 8.63. The molecular weight excluding hydrogens is 242 g/mol. The number of carbonyl (C=O) groups is 1. The van der Waals surface area contributed by atoms with Crippen molar-refractivity contribution in [1.29, 1.82) is 0 Å². The van der Waals surface area contributed by atoms with E-state index in [0.29, 0.717) is 5.39 Å². The van der Waals surface area contributed by atoms with Crippen molar-refractivity contribution >= 4 is 17.0 Å². The zero-order valence-electron chi connectivity index (χ0n) is 9.56. The Kier molecular flexibility index (Phi) is 3.45. The van der Waals surface area contributed by atoms with Crippen molar-refractivity contribution < 1.29 is 18.3 Å². The summed E-state index contributed by atoms with van der Waals surface area (Å²) in [6.45, 7) is 1.72. The van der Waals surface area contributed by atoms with Crippen molar-refractivity contribution in [3.63, 3.8) is 0 Å². The van der Waals surface area contributed by atoms with Gasteiger partial charge in [0.1, 0.15) is 5.69 Å². The van der Waals surface area contributed by atoms with E-state index in [1.807, 2.05) is 0 Å². The third-order valence-electron chi connectivity index (χ3n) is 2.32. The molecule has 0 saturated carbocycles. The number of pyridine rings is 2. The number of carbonyl (C=O) groups excluding carboxylic acids is 1. The Morgan fingerprint density at radius 1 is 1.50 bits per heavy atom. The molecule has 0 bridgehead atoms. The standard InChI is InChI=1S/C12H10F2N2O2/c1-2-18-12(17)8-6-7-4-3-5-15-11(7)16-9(8)10(13)14/h3-6,10H,2H2,1H3. The predicted octanol–water partition coefficient (Wildman–Crippen LogP) is 2.74. The lowest BCUT2D eigenvalue weighted by molar-refractivity contribution is 0.0514. The van der Waals surface area contributed by atoms with E-state index in [2.05, 4.69) is 9.97 Å². The van der Waals surface area contributed by atoms with E-state index in [0.717, 1.165) is 0 Å². The lowest BCUT2D eigenvalue weighted by Crippen LogP contribution is -2.10. The summed E-state index contributed by atoms with van der Waals surface area (Å²) in [4.78, 5) is 19.2. The molecule has 0 atom stereocenters. The highest BCUT2D eigenvalue weighted by atomic mass is 19.3. The maximum absolute atomic E-state index is 12.9. The Bertz CT molecular complexity index is 587. The third kappa shape index (κ3) is 2.27. The summed E-state index contributed by atoms with van der Waals surface area (Å²) in [6.07, 6.45) is -1.40. The number of fused-ring (bicyclic) bond motifs is 1. The monoisotopic (exact) mass is 252 g/mol. The lowest BCUT2D eigenvalue weighted by atomic mass is 10.1. The average molecular weight is 252 g/mol. The van der Waals surface area contributed by atoms with Gasteiger partial charge in [0.2, 0.25) is 0 Å². The van der Waals surface area contributed by atoms with Gasteiger partial charge in [-0.05, 0) is 25.1 Å². The first kappa shape index (κ1) is 12.3. The summed E-state index contributed by atoms with van der Waals surface area (Å²) in [5, 5.41) is 0.518. The van der Waals surface area contributed by atoms with Crippen LogP contribution in [0.3, 0.4) is 0 Å². The molecule has 0 saturated heterocycles. The first-order valence-corrected chi connectivity index (χ1v) is 5.34. The molecule has 2 heterocycles. The van der Waals surface area contributed by atoms with Crippen molar-refractivity contribution in [1.82, 2.24) is 9.97 Å². The number of ether oxygens (including phenoxy) is 1. The SMILES string of the molecule is CCOC(=O)c1cc2cccnc2nc1C(F)F. The van der Waals surface area contributed by atoms with Crippen molar-refractivity contribution in [2.45, 2.75) is 13.3 Å². The fraction of sp³-hybridized carbons (Fsp3) is 0.250. The molecule has 0 aliphatic carbocycles. The van der Waals surface area contributed by atoms with Gasteiger partial charge in [0.15, 0.2) is 5.65 Å². The van der Waals surface area contributed by atoms with E-state index < -0.39 is 18.1 Å². The first-order valence-electron chi connectivity index (χ1n) is 5.34. The molecule has 0 aliphatic rings. The summed E-state index contributed by atoms with van der Waals surface area (Å²) in [5.41, 5.74) is -0.632. The fourth-order valence-corrected chi connectivity index (χ4v) is 1.56. The second kappa shape index (κ2) is 5.03. The summed E-state index contributed by atoms with van der Waals surface area (Å²) in [6, 6.07) is 4.61. The number of esters is 1. The second-order valence-corrected chi connectivity index (χ2v) is 3.49. The Hall–Kier alpha value is -2.11. The molecule has 6 heteroatoms. The van der Waals surface area contributed by atoms with Gasteiger partial charge in [0, 0.05) is 11.6 Å². The second-order valence-electron chi connectivity index (χ2n) is 3.49. The van der Waals surface area contributed by atoms with E-state index >= 15 is 0 Å². The largest absolute Gasteiger partial charge is 0.462 e. The van der Waals surface area contributed by atoms with Crippen molar-refractivity contribution in [2.24, 2.45) is 0 Å². The van der Waals surface area contributed by atoms with Crippen molar-refractivity contribution in [3.8, 4) is 0 Å². The molecule has 0 unspecified atom stereocenters. The Balaban J connectivity index is 2.61. The minimum atomic E-state index is -2.85. The van der Waals surface area contributed by atoms with Crippen LogP contribution in [0.15, 0.2) is 24.4 Å². The van der Waals surface area contributed by atoms with Gasteiger partial charge in [-0.2, -0.15) is 0 Å². The maximum atomic E-state index is 12.9. The van der Waals surface area contributed by atoms with Crippen LogP contribution in [0.4, 0.5) is 8.78 Å². The smallest absolute Gasteiger partial charge is 0.340 e. The van der Waals surface area contributed by atoms with Gasteiger partial charge in [0.05, 0.1) is 12.2 Å². The molecule has 4 nitrogen and oxygen atoms in total. The Morgan fingerprint density at radius 2 is 2.28 bits per heavy atom. The molecule has 0 N–H and O–H groups in total. The van der Waals surface area contributed by atoms with Gasteiger partial charge in [-0.25, -0.2) is 23.5 Å². The molecule has 0 radical (unpaired) electrons. The topological polar surface area (TPSA) is 52.1 Å². The molecule has 0 amide bonds. The van der Waals surface area contributed by atoms with E-state index in [1.165, 1.54) is 12.3 Å². The summed E-state index contributed by atoms with van der Waals surface area (Å²) in [5.74, 6) is -0.800. The summed E-state index contributed by atoms with van der Waals surface area (Å²) in [7, 11) is 0. The van der Waals surface area contributed by atoms with Crippen molar-refractivity contribution in [3.05, 3.63) is 35.7 Å². The van der Waals surface area contributed by atoms with Gasteiger partial charge in [-0.1, -0.05) is 0 Å². The zero-order valence-corrected chi connectivity index (χ0v) is 9.56. The van der Waals surface area contributed by atoms with Gasteiger partial charge >= 0.3 is 5.97 Å². The minimum absolute atomic E-state index is 0.118. The lowest BCUT2D eigenvalue weighted by Gasteiger charge is -2.08. The van der Waals surface area contributed by atoms with E-state index in [1.54, 1.807) is 19.1 Å². The molecule has 94 valence electrons. The van der Waals surface area contributed by atoms with E-state index in [-0.39, 0.29) is 17.8 Å². The van der Waals surface area contributed by atoms with E-state index in [4.69, 9.17) is 4.74 Å². The van der Waals surface area contributed by atoms with Crippen molar-refractivity contribution in [2.75, 3.05) is 6.61 Å². The van der Waals surface area contributed by atoms with E-state index in [9.17, 15) is 13.6 Å². The molecule has 0 aliphatic heterocycles. The van der Waals surface area contributed by atoms with Gasteiger partial charge in [-0.15, -0.1) is 0 Å². The number of hydrogen-bond acceptors (Lipinski definition) is 4. The van der Waals surface area contributed by atoms with Gasteiger partial charge in [0.25, 0.3) is 6.43 Å². The number of alkyl halides is 2. The Morgan fingerprint density at radius 3 is 2.94 bits per heavy atom. The zero-order chi connectivity index (χ0) is 13.1. The number of aromatic nitrogens is 2. The fourth-order valence-electron chi connectivity index (χ4n) is 1.56. The molecule has 2 aromatic rings. The number of hydrogen-bond donors (Lipinski definition) is 0. The van der Waals surface area contributed by atoms with Crippen LogP contribution in [-0.4, -0.2) is 22.5 Å². The molecular formula is C12H10F2N2O2. The number of rotatable bonds is 3. The van der Waals surface area contributed by atoms with Gasteiger partial charge < -0.3 is 4.74 Å². The summed E-state index contributed by atoms with van der Waals surface area (Å²) >= 11 is 0. The molecule has 0 aromatic carbocycles. The average Bonchev–Trinajstić information content (AvgIpc) is 2.37. The quantitative estimate of drug-likeness (QED) is 0.788. The normalized spacial score (nSPS) is 10.9.